The summed E-state index contributed by atoms with van der Waals surface area (Å²) < 4.78 is 0. The topological polar surface area (TPSA) is 63.8 Å². The zero-order valence-electron chi connectivity index (χ0n) is 10.9. The normalized spacial score (nSPS) is 11.9. The van der Waals surface area contributed by atoms with E-state index in [0.717, 1.165) is 0 Å². The van der Waals surface area contributed by atoms with E-state index >= 15 is 0 Å². The van der Waals surface area contributed by atoms with Crippen LogP contribution in [0, 0.1) is 6.92 Å². The third-order valence-corrected chi connectivity index (χ3v) is 3.13. The number of hydrogen-bond donors (Lipinski definition) is 2. The van der Waals surface area contributed by atoms with Gasteiger partial charge in [-0.25, -0.2) is 9.97 Å². The minimum Gasteiger partial charge on any atom is -0.388 e. The Morgan fingerprint density at radius 3 is 2.58 bits per heavy atom. The Morgan fingerprint density at radius 2 is 2.00 bits per heavy atom. The van der Waals surface area contributed by atoms with Crippen molar-refractivity contribution in [3.8, 4) is 0 Å². The fraction of sp³-hybridized carbons (Fsp3) is 0.214. The number of benzene rings is 1. The Balaban J connectivity index is 2.13. The fourth-order valence-corrected chi connectivity index (χ4v) is 2.01. The summed E-state index contributed by atoms with van der Waals surface area (Å²) >= 11 is 4.84. The van der Waals surface area contributed by atoms with Crippen LogP contribution in [-0.2, 0) is 0 Å². The largest absolute Gasteiger partial charge is 0.388 e. The molecular weight excluding hydrogens is 256 g/mol. The van der Waals surface area contributed by atoms with Crippen LogP contribution in [0.5, 0.6) is 0 Å². The van der Waals surface area contributed by atoms with Crippen LogP contribution in [-0.4, -0.2) is 15.0 Å². The van der Waals surface area contributed by atoms with Crippen molar-refractivity contribution in [3.63, 3.8) is 0 Å². The Hall–Kier alpha value is -2.01. The highest BCUT2D eigenvalue weighted by molar-refractivity contribution is 7.80. The quantitative estimate of drug-likeness (QED) is 0.838. The molecule has 2 aromatic rings. The molecule has 0 aliphatic heterocycles. The minimum atomic E-state index is 0.158. The summed E-state index contributed by atoms with van der Waals surface area (Å²) in [5.74, 6) is 0.704. The van der Waals surface area contributed by atoms with Gasteiger partial charge < -0.3 is 11.1 Å². The molecule has 0 aliphatic carbocycles. The predicted octanol–water partition coefficient (Wildman–Crippen LogP) is 2.59. The molecule has 4 nitrogen and oxygen atoms in total. The molecule has 3 N–H and O–H groups in total. The maximum Gasteiger partial charge on any atom is 0.144 e. The lowest BCUT2D eigenvalue weighted by Crippen LogP contribution is -2.14. The molecule has 2 rings (SSSR count). The first-order valence-electron chi connectivity index (χ1n) is 6.02. The van der Waals surface area contributed by atoms with E-state index < -0.39 is 0 Å². The maximum absolute atomic E-state index is 5.48. The lowest BCUT2D eigenvalue weighted by atomic mass is 10.0. The van der Waals surface area contributed by atoms with Crippen molar-refractivity contribution in [2.45, 2.75) is 19.9 Å². The van der Waals surface area contributed by atoms with Gasteiger partial charge in [-0.1, -0.05) is 36.5 Å². The van der Waals surface area contributed by atoms with E-state index in [-0.39, 0.29) is 11.0 Å². The van der Waals surface area contributed by atoms with Crippen molar-refractivity contribution in [2.24, 2.45) is 5.73 Å². The molecule has 0 radical (unpaired) electrons. The van der Waals surface area contributed by atoms with E-state index in [0.29, 0.717) is 11.5 Å². The van der Waals surface area contributed by atoms with Gasteiger partial charge in [0.05, 0.1) is 18.4 Å². The lowest BCUT2D eigenvalue weighted by Gasteiger charge is -2.16. The van der Waals surface area contributed by atoms with Crippen LogP contribution in [0.4, 0.5) is 5.82 Å². The number of hydrogen-bond acceptors (Lipinski definition) is 4. The molecule has 0 aliphatic rings. The van der Waals surface area contributed by atoms with Gasteiger partial charge in [-0.3, -0.25) is 0 Å². The van der Waals surface area contributed by atoms with Crippen LogP contribution in [0.1, 0.15) is 29.8 Å². The molecule has 98 valence electrons. The third kappa shape index (κ3) is 3.26. The third-order valence-electron chi connectivity index (χ3n) is 2.92. The zero-order chi connectivity index (χ0) is 13.8. The number of nitrogens with zero attached hydrogens (tertiary/aromatic N) is 2. The highest BCUT2D eigenvalue weighted by atomic mass is 32.1. The van der Waals surface area contributed by atoms with Crippen LogP contribution in [0.25, 0.3) is 0 Å². The Labute approximate surface area is 118 Å². The van der Waals surface area contributed by atoms with Crippen molar-refractivity contribution in [3.05, 3.63) is 53.5 Å². The molecule has 0 saturated carbocycles. The number of aromatic nitrogens is 2. The SMILES string of the molecule is Cc1ccccc1C(C)Nc1cnc(C(N)=S)cn1. The van der Waals surface area contributed by atoms with Gasteiger partial charge >= 0.3 is 0 Å². The van der Waals surface area contributed by atoms with Crippen molar-refractivity contribution in [1.29, 1.82) is 0 Å². The maximum atomic E-state index is 5.48. The molecule has 1 atom stereocenters. The number of thiocarbonyl (C=S) groups is 1. The molecule has 0 fully saturated rings. The second-order valence-electron chi connectivity index (χ2n) is 4.37. The summed E-state index contributed by atoms with van der Waals surface area (Å²) in [5.41, 5.74) is 8.50. The van der Waals surface area contributed by atoms with Crippen LogP contribution in [0.15, 0.2) is 36.7 Å². The smallest absolute Gasteiger partial charge is 0.144 e. The van der Waals surface area contributed by atoms with Crippen LogP contribution in [0.3, 0.4) is 0 Å². The summed E-state index contributed by atoms with van der Waals surface area (Å²) in [7, 11) is 0. The summed E-state index contributed by atoms with van der Waals surface area (Å²) in [4.78, 5) is 8.67. The molecule has 1 unspecified atom stereocenters. The molecule has 0 saturated heterocycles. The van der Waals surface area contributed by atoms with E-state index in [1.165, 1.54) is 11.1 Å². The Bertz CT molecular complexity index is 580. The van der Waals surface area contributed by atoms with Crippen molar-refractivity contribution in [2.75, 3.05) is 5.32 Å². The second kappa shape index (κ2) is 5.75. The molecule has 0 bridgehead atoms. The van der Waals surface area contributed by atoms with Crippen molar-refractivity contribution in [1.82, 2.24) is 9.97 Å². The van der Waals surface area contributed by atoms with Crippen LogP contribution in [0.2, 0.25) is 0 Å². The minimum absolute atomic E-state index is 0.158. The zero-order valence-corrected chi connectivity index (χ0v) is 11.7. The van der Waals surface area contributed by atoms with Gasteiger partial charge in [0.15, 0.2) is 0 Å². The van der Waals surface area contributed by atoms with Crippen molar-refractivity contribution >= 4 is 23.0 Å². The van der Waals surface area contributed by atoms with Gasteiger partial charge in [0, 0.05) is 0 Å². The van der Waals surface area contributed by atoms with Gasteiger partial charge in [-0.15, -0.1) is 0 Å². The number of nitrogens with two attached hydrogens (primary N) is 1. The fourth-order valence-electron chi connectivity index (χ4n) is 1.90. The number of rotatable bonds is 4. The summed E-state index contributed by atoms with van der Waals surface area (Å²) in [5, 5.41) is 3.31. The van der Waals surface area contributed by atoms with Gasteiger partial charge in [-0.05, 0) is 25.0 Å². The molecule has 0 spiro atoms. The number of anilines is 1. The highest BCUT2D eigenvalue weighted by Crippen LogP contribution is 2.20. The van der Waals surface area contributed by atoms with E-state index in [9.17, 15) is 0 Å². The van der Waals surface area contributed by atoms with Crippen LogP contribution < -0.4 is 11.1 Å². The first-order chi connectivity index (χ1) is 9.08. The van der Waals surface area contributed by atoms with E-state index in [2.05, 4.69) is 41.3 Å². The molecule has 1 heterocycles. The van der Waals surface area contributed by atoms with Gasteiger partial charge in [0.1, 0.15) is 16.5 Å². The molecule has 5 heteroatoms. The summed E-state index contributed by atoms with van der Waals surface area (Å²) in [6, 6.07) is 8.41. The summed E-state index contributed by atoms with van der Waals surface area (Å²) in [6.07, 6.45) is 3.22. The lowest BCUT2D eigenvalue weighted by molar-refractivity contribution is 0.861. The average molecular weight is 272 g/mol. The van der Waals surface area contributed by atoms with Gasteiger partial charge in [0.25, 0.3) is 0 Å². The average Bonchev–Trinajstić information content (AvgIpc) is 2.39. The van der Waals surface area contributed by atoms with Gasteiger partial charge in [0.2, 0.25) is 0 Å². The van der Waals surface area contributed by atoms with Crippen LogP contribution >= 0.6 is 12.2 Å². The molecule has 0 amide bonds. The Kier molecular flexibility index (Phi) is 4.06. The Morgan fingerprint density at radius 1 is 1.26 bits per heavy atom. The number of nitrogens with one attached hydrogen (secondary N) is 1. The standard InChI is InChI=1S/C14H16N4S/c1-9-5-3-4-6-11(9)10(2)18-13-8-16-12(7-17-13)14(15)19/h3-8,10H,1-2H3,(H2,15,19)(H,17,18). The van der Waals surface area contributed by atoms with Crippen molar-refractivity contribution < 1.29 is 0 Å². The summed E-state index contributed by atoms with van der Waals surface area (Å²) in [6.45, 7) is 4.18. The van der Waals surface area contributed by atoms with E-state index in [1.54, 1.807) is 12.4 Å². The molecule has 1 aromatic heterocycles. The molecule has 19 heavy (non-hydrogen) atoms. The first-order valence-corrected chi connectivity index (χ1v) is 6.42. The number of aryl methyl sites for hydroxylation is 1. The van der Waals surface area contributed by atoms with Gasteiger partial charge in [-0.2, -0.15) is 0 Å². The molecular formula is C14H16N4S. The first kappa shape index (κ1) is 13.4. The monoisotopic (exact) mass is 272 g/mol. The molecule has 1 aromatic carbocycles. The highest BCUT2D eigenvalue weighted by Gasteiger charge is 2.08. The second-order valence-corrected chi connectivity index (χ2v) is 4.81. The van der Waals surface area contributed by atoms with E-state index in [4.69, 9.17) is 18.0 Å². The predicted molar refractivity (Wildman–Crippen MR) is 81.1 cm³/mol. The van der Waals surface area contributed by atoms with E-state index in [1.807, 2.05) is 12.1 Å².